The molecule has 17 heavy (non-hydrogen) atoms. The fourth-order valence-corrected chi connectivity index (χ4v) is 2.99. The van der Waals surface area contributed by atoms with Gasteiger partial charge in [0.2, 0.25) is 5.91 Å². The first-order valence-electron chi connectivity index (χ1n) is 7.27. The number of hydrogen-bond acceptors (Lipinski definition) is 2. The minimum atomic E-state index is 0.263. The van der Waals surface area contributed by atoms with E-state index in [1.165, 1.54) is 25.7 Å². The van der Waals surface area contributed by atoms with Gasteiger partial charge in [0.05, 0.1) is 0 Å². The maximum atomic E-state index is 11.9. The van der Waals surface area contributed by atoms with Crippen molar-refractivity contribution in [2.45, 2.75) is 51.4 Å². The molecule has 0 radical (unpaired) electrons. The molecule has 0 bridgehead atoms. The van der Waals surface area contributed by atoms with Gasteiger partial charge in [0.25, 0.3) is 0 Å². The SMILES string of the molecule is NCC1CCC(C(=O)NCCC2CCC2)CC1. The lowest BCUT2D eigenvalue weighted by Gasteiger charge is -2.28. The zero-order chi connectivity index (χ0) is 12.1. The summed E-state index contributed by atoms with van der Waals surface area (Å²) in [5, 5.41) is 3.11. The smallest absolute Gasteiger partial charge is 0.223 e. The van der Waals surface area contributed by atoms with E-state index < -0.39 is 0 Å². The standard InChI is InChI=1S/C14H26N2O/c15-10-12-4-6-13(7-5-12)14(17)16-9-8-11-2-1-3-11/h11-13H,1-10,15H2,(H,16,17). The summed E-state index contributed by atoms with van der Waals surface area (Å²) in [4.78, 5) is 11.9. The molecule has 3 nitrogen and oxygen atoms in total. The molecule has 0 aromatic carbocycles. The number of nitrogens with two attached hydrogens (primary N) is 1. The quantitative estimate of drug-likeness (QED) is 0.770. The predicted molar refractivity (Wildman–Crippen MR) is 69.5 cm³/mol. The normalized spacial score (nSPS) is 29.7. The first-order chi connectivity index (χ1) is 8.29. The van der Waals surface area contributed by atoms with Crippen LogP contribution in [0.3, 0.4) is 0 Å². The zero-order valence-electron chi connectivity index (χ0n) is 10.8. The molecule has 0 atom stereocenters. The van der Waals surface area contributed by atoms with Crippen molar-refractivity contribution in [1.29, 1.82) is 0 Å². The van der Waals surface area contributed by atoms with Crippen LogP contribution in [0.25, 0.3) is 0 Å². The van der Waals surface area contributed by atoms with Crippen LogP contribution < -0.4 is 11.1 Å². The molecule has 3 N–H and O–H groups in total. The van der Waals surface area contributed by atoms with Gasteiger partial charge in [-0.15, -0.1) is 0 Å². The first kappa shape index (κ1) is 12.9. The highest BCUT2D eigenvalue weighted by Crippen LogP contribution is 2.30. The van der Waals surface area contributed by atoms with Gasteiger partial charge in [-0.25, -0.2) is 0 Å². The second-order valence-corrected chi connectivity index (χ2v) is 5.83. The van der Waals surface area contributed by atoms with Crippen LogP contribution in [-0.4, -0.2) is 19.0 Å². The average molecular weight is 238 g/mol. The molecule has 1 amide bonds. The molecule has 0 aromatic rings. The van der Waals surface area contributed by atoms with Gasteiger partial charge in [-0.1, -0.05) is 19.3 Å². The minimum Gasteiger partial charge on any atom is -0.356 e. The Balaban J connectivity index is 1.59. The third kappa shape index (κ3) is 3.70. The highest BCUT2D eigenvalue weighted by Gasteiger charge is 2.25. The molecule has 2 aliphatic carbocycles. The van der Waals surface area contributed by atoms with Crippen molar-refractivity contribution in [3.05, 3.63) is 0 Å². The second kappa shape index (κ2) is 6.39. The van der Waals surface area contributed by atoms with Gasteiger partial charge in [0.1, 0.15) is 0 Å². The molecular weight excluding hydrogens is 212 g/mol. The Morgan fingerprint density at radius 1 is 1.06 bits per heavy atom. The summed E-state index contributed by atoms with van der Waals surface area (Å²) in [6, 6.07) is 0. The summed E-state index contributed by atoms with van der Waals surface area (Å²) < 4.78 is 0. The Hall–Kier alpha value is -0.570. The van der Waals surface area contributed by atoms with Gasteiger partial charge < -0.3 is 11.1 Å². The molecular formula is C14H26N2O. The van der Waals surface area contributed by atoms with E-state index in [9.17, 15) is 4.79 Å². The zero-order valence-corrected chi connectivity index (χ0v) is 10.8. The molecule has 0 spiro atoms. The van der Waals surface area contributed by atoms with Gasteiger partial charge >= 0.3 is 0 Å². The summed E-state index contributed by atoms with van der Waals surface area (Å²) >= 11 is 0. The van der Waals surface area contributed by atoms with Crippen molar-refractivity contribution < 1.29 is 4.79 Å². The number of carbonyl (C=O) groups is 1. The van der Waals surface area contributed by atoms with Crippen LogP contribution in [0.1, 0.15) is 51.4 Å². The molecule has 3 heteroatoms. The first-order valence-corrected chi connectivity index (χ1v) is 7.27. The Morgan fingerprint density at radius 3 is 2.29 bits per heavy atom. The summed E-state index contributed by atoms with van der Waals surface area (Å²) in [7, 11) is 0. The van der Waals surface area contributed by atoms with Crippen LogP contribution in [-0.2, 0) is 4.79 Å². The minimum absolute atomic E-state index is 0.263. The van der Waals surface area contributed by atoms with Gasteiger partial charge in [0, 0.05) is 12.5 Å². The number of amides is 1. The van der Waals surface area contributed by atoms with Crippen LogP contribution in [0.4, 0.5) is 0 Å². The molecule has 2 rings (SSSR count). The van der Waals surface area contributed by atoms with Gasteiger partial charge in [-0.05, 0) is 50.5 Å². The molecule has 98 valence electrons. The Kier molecular flexibility index (Phi) is 4.84. The molecule has 2 fully saturated rings. The van der Waals surface area contributed by atoms with Crippen molar-refractivity contribution in [2.24, 2.45) is 23.5 Å². The van der Waals surface area contributed by atoms with E-state index in [1.54, 1.807) is 0 Å². The fraction of sp³-hybridized carbons (Fsp3) is 0.929. The Morgan fingerprint density at radius 2 is 1.76 bits per heavy atom. The van der Waals surface area contributed by atoms with Crippen LogP contribution in [0, 0.1) is 17.8 Å². The summed E-state index contributed by atoms with van der Waals surface area (Å²) in [6.07, 6.45) is 9.67. The maximum Gasteiger partial charge on any atom is 0.223 e. The predicted octanol–water partition coefficient (Wildman–Crippen LogP) is 2.06. The van der Waals surface area contributed by atoms with Gasteiger partial charge in [0.15, 0.2) is 0 Å². The topological polar surface area (TPSA) is 55.1 Å². The average Bonchev–Trinajstić information content (AvgIpc) is 2.32. The van der Waals surface area contributed by atoms with Crippen LogP contribution in [0.15, 0.2) is 0 Å². The lowest BCUT2D eigenvalue weighted by Crippen LogP contribution is -2.35. The number of nitrogens with one attached hydrogen (secondary N) is 1. The monoisotopic (exact) mass is 238 g/mol. The van der Waals surface area contributed by atoms with Crippen molar-refractivity contribution >= 4 is 5.91 Å². The molecule has 0 unspecified atom stereocenters. The number of carbonyl (C=O) groups excluding carboxylic acids is 1. The van der Waals surface area contributed by atoms with Crippen molar-refractivity contribution in [3.63, 3.8) is 0 Å². The van der Waals surface area contributed by atoms with Crippen LogP contribution in [0.2, 0.25) is 0 Å². The third-order valence-corrected chi connectivity index (χ3v) is 4.63. The third-order valence-electron chi connectivity index (χ3n) is 4.63. The number of hydrogen-bond donors (Lipinski definition) is 2. The maximum absolute atomic E-state index is 11.9. The van der Waals surface area contributed by atoms with E-state index >= 15 is 0 Å². The van der Waals surface area contributed by atoms with E-state index in [0.717, 1.165) is 44.7 Å². The molecule has 0 aliphatic heterocycles. The molecule has 0 saturated heterocycles. The molecule has 0 aromatic heterocycles. The lowest BCUT2D eigenvalue weighted by atomic mass is 9.81. The van der Waals surface area contributed by atoms with Gasteiger partial charge in [-0.3, -0.25) is 4.79 Å². The van der Waals surface area contributed by atoms with Gasteiger partial charge in [-0.2, -0.15) is 0 Å². The molecule has 2 aliphatic rings. The van der Waals surface area contributed by atoms with Crippen LogP contribution in [0.5, 0.6) is 0 Å². The second-order valence-electron chi connectivity index (χ2n) is 5.83. The van der Waals surface area contributed by atoms with E-state index in [2.05, 4.69) is 5.32 Å². The van der Waals surface area contributed by atoms with Crippen molar-refractivity contribution in [2.75, 3.05) is 13.1 Å². The van der Waals surface area contributed by atoms with Crippen LogP contribution >= 0.6 is 0 Å². The number of rotatable bonds is 5. The molecule has 2 saturated carbocycles. The summed E-state index contributed by atoms with van der Waals surface area (Å²) in [5.41, 5.74) is 5.66. The summed E-state index contributed by atoms with van der Waals surface area (Å²) in [5.74, 6) is 2.11. The highest BCUT2D eigenvalue weighted by molar-refractivity contribution is 5.78. The largest absolute Gasteiger partial charge is 0.356 e. The highest BCUT2D eigenvalue weighted by atomic mass is 16.1. The summed E-state index contributed by atoms with van der Waals surface area (Å²) in [6.45, 7) is 1.68. The van der Waals surface area contributed by atoms with E-state index in [-0.39, 0.29) is 5.92 Å². The van der Waals surface area contributed by atoms with E-state index in [4.69, 9.17) is 5.73 Å². The Bertz CT molecular complexity index is 243. The van der Waals surface area contributed by atoms with E-state index in [1.807, 2.05) is 0 Å². The van der Waals surface area contributed by atoms with E-state index in [0.29, 0.717) is 11.8 Å². The Labute approximate surface area is 105 Å². The fourth-order valence-electron chi connectivity index (χ4n) is 2.99. The molecule has 0 heterocycles. The van der Waals surface area contributed by atoms with Crippen molar-refractivity contribution in [1.82, 2.24) is 5.32 Å². The lowest BCUT2D eigenvalue weighted by molar-refractivity contribution is -0.126. The van der Waals surface area contributed by atoms with Crippen molar-refractivity contribution in [3.8, 4) is 0 Å².